The van der Waals surface area contributed by atoms with Crippen LogP contribution in [-0.2, 0) is 0 Å². The number of hydrogen-bond acceptors (Lipinski definition) is 2. The maximum Gasteiger partial charge on any atom is 0.389 e. The number of anilines is 1. The Morgan fingerprint density at radius 3 is 2.85 bits per heavy atom. The first-order valence-electron chi connectivity index (χ1n) is 6.64. The predicted molar refractivity (Wildman–Crippen MR) is 71.0 cm³/mol. The molecule has 1 aliphatic rings. The number of hydrogen-bond donors (Lipinski definition) is 2. The highest BCUT2D eigenvalue weighted by molar-refractivity contribution is 5.97. The number of nitrogens with one attached hydrogen (secondary N) is 2. The van der Waals surface area contributed by atoms with Gasteiger partial charge in [0.2, 0.25) is 0 Å². The van der Waals surface area contributed by atoms with Gasteiger partial charge in [-0.05, 0) is 24.1 Å². The molecule has 1 aromatic rings. The predicted octanol–water partition coefficient (Wildman–Crippen LogP) is 3.29. The van der Waals surface area contributed by atoms with Crippen LogP contribution in [0.5, 0.6) is 0 Å². The maximum absolute atomic E-state index is 12.6. The fourth-order valence-corrected chi connectivity index (χ4v) is 2.48. The molecule has 0 aromatic heterocycles. The van der Waals surface area contributed by atoms with Crippen molar-refractivity contribution in [1.29, 1.82) is 0 Å². The van der Waals surface area contributed by atoms with Crippen molar-refractivity contribution in [2.24, 2.45) is 0 Å². The van der Waals surface area contributed by atoms with Crippen molar-refractivity contribution in [3.05, 3.63) is 29.3 Å². The standard InChI is InChI=1S/C14H17F3N2O/c1-2-6-18-13(20)10-4-3-5-11-12(10)9(8-19-11)7-14(15,16)17/h3-5,9,19H,2,6-8H2,1H3,(H,18,20). The summed E-state index contributed by atoms with van der Waals surface area (Å²) in [4.78, 5) is 12.1. The summed E-state index contributed by atoms with van der Waals surface area (Å²) in [5.41, 5.74) is 1.46. The van der Waals surface area contributed by atoms with Crippen molar-refractivity contribution in [2.75, 3.05) is 18.4 Å². The van der Waals surface area contributed by atoms with E-state index < -0.39 is 18.5 Å². The molecule has 0 radical (unpaired) electrons. The number of carbonyl (C=O) groups is 1. The summed E-state index contributed by atoms with van der Waals surface area (Å²) in [6.07, 6.45) is -4.36. The van der Waals surface area contributed by atoms with Crippen LogP contribution in [0.3, 0.4) is 0 Å². The van der Waals surface area contributed by atoms with Gasteiger partial charge in [-0.3, -0.25) is 4.79 Å². The molecule has 1 unspecified atom stereocenters. The van der Waals surface area contributed by atoms with E-state index in [0.717, 1.165) is 6.42 Å². The average molecular weight is 286 g/mol. The summed E-state index contributed by atoms with van der Waals surface area (Å²) >= 11 is 0. The van der Waals surface area contributed by atoms with Crippen LogP contribution in [0.15, 0.2) is 18.2 Å². The molecule has 6 heteroatoms. The molecule has 3 nitrogen and oxygen atoms in total. The Hall–Kier alpha value is -1.72. The Morgan fingerprint density at radius 2 is 2.20 bits per heavy atom. The topological polar surface area (TPSA) is 41.1 Å². The van der Waals surface area contributed by atoms with Crippen LogP contribution in [0.4, 0.5) is 18.9 Å². The Morgan fingerprint density at radius 1 is 1.45 bits per heavy atom. The van der Waals surface area contributed by atoms with Gasteiger partial charge in [-0.15, -0.1) is 0 Å². The van der Waals surface area contributed by atoms with Crippen molar-refractivity contribution in [3.63, 3.8) is 0 Å². The third kappa shape index (κ3) is 3.23. The van der Waals surface area contributed by atoms with Gasteiger partial charge in [-0.2, -0.15) is 13.2 Å². The first kappa shape index (κ1) is 14.7. The Labute approximate surface area is 115 Å². The van der Waals surface area contributed by atoms with Crippen molar-refractivity contribution >= 4 is 11.6 Å². The number of benzene rings is 1. The second-order valence-electron chi connectivity index (χ2n) is 4.92. The summed E-state index contributed by atoms with van der Waals surface area (Å²) in [7, 11) is 0. The zero-order valence-corrected chi connectivity index (χ0v) is 11.2. The van der Waals surface area contributed by atoms with E-state index >= 15 is 0 Å². The number of halogens is 3. The van der Waals surface area contributed by atoms with E-state index in [1.54, 1.807) is 18.2 Å². The van der Waals surface area contributed by atoms with Crippen LogP contribution in [0.2, 0.25) is 0 Å². The molecule has 2 rings (SSSR count). The summed E-state index contributed by atoms with van der Waals surface area (Å²) in [6.45, 7) is 2.65. The maximum atomic E-state index is 12.6. The van der Waals surface area contributed by atoms with Crippen molar-refractivity contribution < 1.29 is 18.0 Å². The highest BCUT2D eigenvalue weighted by atomic mass is 19.4. The van der Waals surface area contributed by atoms with Gasteiger partial charge in [-0.1, -0.05) is 13.0 Å². The second kappa shape index (κ2) is 5.73. The summed E-state index contributed by atoms with van der Waals surface area (Å²) in [6, 6.07) is 4.98. The van der Waals surface area contributed by atoms with Crippen LogP contribution in [-0.4, -0.2) is 25.2 Å². The highest BCUT2D eigenvalue weighted by Gasteiger charge is 2.37. The molecule has 20 heavy (non-hydrogen) atoms. The van der Waals surface area contributed by atoms with E-state index in [0.29, 0.717) is 23.4 Å². The van der Waals surface area contributed by atoms with Crippen LogP contribution in [0.25, 0.3) is 0 Å². The smallest absolute Gasteiger partial charge is 0.384 e. The summed E-state index contributed by atoms with van der Waals surface area (Å²) in [5, 5.41) is 5.66. The minimum atomic E-state index is -4.24. The summed E-state index contributed by atoms with van der Waals surface area (Å²) in [5.74, 6) is -1.01. The molecule has 110 valence electrons. The van der Waals surface area contributed by atoms with Crippen molar-refractivity contribution in [2.45, 2.75) is 31.9 Å². The monoisotopic (exact) mass is 286 g/mol. The van der Waals surface area contributed by atoms with Gasteiger partial charge in [0.1, 0.15) is 0 Å². The molecule has 0 saturated heterocycles. The number of rotatable bonds is 4. The third-order valence-electron chi connectivity index (χ3n) is 3.31. The lowest BCUT2D eigenvalue weighted by Gasteiger charge is -2.16. The van der Waals surface area contributed by atoms with E-state index in [2.05, 4.69) is 10.6 Å². The minimum Gasteiger partial charge on any atom is -0.384 e. The van der Waals surface area contributed by atoms with E-state index in [1.807, 2.05) is 6.92 Å². The molecule has 1 aliphatic heterocycles. The number of fused-ring (bicyclic) bond motifs is 1. The Kier molecular flexibility index (Phi) is 4.20. The number of alkyl halides is 3. The molecule has 0 spiro atoms. The quantitative estimate of drug-likeness (QED) is 0.891. The molecule has 0 saturated carbocycles. The molecular weight excluding hydrogens is 269 g/mol. The van der Waals surface area contributed by atoms with Gasteiger partial charge in [0.25, 0.3) is 5.91 Å². The lowest BCUT2D eigenvalue weighted by molar-refractivity contribution is -0.137. The van der Waals surface area contributed by atoms with Gasteiger partial charge < -0.3 is 10.6 Å². The van der Waals surface area contributed by atoms with Gasteiger partial charge in [0.05, 0.1) is 6.42 Å². The first-order chi connectivity index (χ1) is 9.42. The van der Waals surface area contributed by atoms with E-state index in [-0.39, 0.29) is 12.5 Å². The summed E-state index contributed by atoms with van der Waals surface area (Å²) < 4.78 is 37.8. The van der Waals surface area contributed by atoms with Crippen LogP contribution < -0.4 is 10.6 Å². The fourth-order valence-electron chi connectivity index (χ4n) is 2.48. The second-order valence-corrected chi connectivity index (χ2v) is 4.92. The molecule has 0 bridgehead atoms. The van der Waals surface area contributed by atoms with Gasteiger partial charge in [-0.25, -0.2) is 0 Å². The van der Waals surface area contributed by atoms with Crippen LogP contribution in [0.1, 0.15) is 41.6 Å². The lowest BCUT2D eigenvalue weighted by Crippen LogP contribution is -2.26. The Balaban J connectivity index is 2.28. The molecule has 0 aliphatic carbocycles. The molecule has 2 N–H and O–H groups in total. The first-order valence-corrected chi connectivity index (χ1v) is 6.64. The van der Waals surface area contributed by atoms with Crippen LogP contribution in [0, 0.1) is 0 Å². The van der Waals surface area contributed by atoms with Gasteiger partial charge in [0.15, 0.2) is 0 Å². The molecular formula is C14H17F3N2O. The van der Waals surface area contributed by atoms with Gasteiger partial charge >= 0.3 is 6.18 Å². The fraction of sp³-hybridized carbons (Fsp3) is 0.500. The molecule has 1 aromatic carbocycles. The zero-order chi connectivity index (χ0) is 14.8. The number of carbonyl (C=O) groups excluding carboxylic acids is 1. The van der Waals surface area contributed by atoms with Crippen molar-refractivity contribution in [3.8, 4) is 0 Å². The molecule has 0 fully saturated rings. The third-order valence-corrected chi connectivity index (χ3v) is 3.31. The van der Waals surface area contributed by atoms with Crippen LogP contribution >= 0.6 is 0 Å². The van der Waals surface area contributed by atoms with E-state index in [1.165, 1.54) is 0 Å². The number of amides is 1. The minimum absolute atomic E-state index is 0.215. The molecule has 1 amide bonds. The average Bonchev–Trinajstić information content (AvgIpc) is 2.77. The van der Waals surface area contributed by atoms with Crippen molar-refractivity contribution in [1.82, 2.24) is 5.32 Å². The molecule has 1 heterocycles. The highest BCUT2D eigenvalue weighted by Crippen LogP contribution is 2.40. The van der Waals surface area contributed by atoms with E-state index in [4.69, 9.17) is 0 Å². The lowest BCUT2D eigenvalue weighted by atomic mass is 9.92. The van der Waals surface area contributed by atoms with Gasteiger partial charge in [0, 0.05) is 30.3 Å². The zero-order valence-electron chi connectivity index (χ0n) is 11.2. The van der Waals surface area contributed by atoms with E-state index in [9.17, 15) is 18.0 Å². The Bertz CT molecular complexity index is 500. The largest absolute Gasteiger partial charge is 0.389 e. The molecule has 1 atom stereocenters. The normalized spacial score (nSPS) is 17.5. The SMILES string of the molecule is CCCNC(=O)c1cccc2c1C(CC(F)(F)F)CN2.